The Morgan fingerprint density at radius 1 is 1.21 bits per heavy atom. The SMILES string of the molecule is COC(=O)c1ccn(C2CCN(c3cnc(C(=O)O)cn3)CC2)n1. The van der Waals surface area contributed by atoms with Gasteiger partial charge in [0.2, 0.25) is 0 Å². The molecule has 0 saturated carbocycles. The van der Waals surface area contributed by atoms with Crippen molar-refractivity contribution in [3.05, 3.63) is 36.0 Å². The predicted molar refractivity (Wildman–Crippen MR) is 83.0 cm³/mol. The maximum atomic E-state index is 11.5. The Morgan fingerprint density at radius 2 is 1.96 bits per heavy atom. The number of carboxylic acid groups (broad SMARTS) is 1. The Labute approximate surface area is 137 Å². The molecular formula is C15H17N5O4. The lowest BCUT2D eigenvalue weighted by molar-refractivity contribution is 0.0591. The highest BCUT2D eigenvalue weighted by Crippen LogP contribution is 2.24. The molecule has 1 N–H and O–H groups in total. The Kier molecular flexibility index (Phi) is 4.41. The molecule has 2 aromatic rings. The summed E-state index contributed by atoms with van der Waals surface area (Å²) in [4.78, 5) is 32.4. The van der Waals surface area contributed by atoms with E-state index in [2.05, 4.69) is 24.7 Å². The van der Waals surface area contributed by atoms with Gasteiger partial charge in [0.25, 0.3) is 0 Å². The van der Waals surface area contributed by atoms with Crippen molar-refractivity contribution in [1.29, 1.82) is 0 Å². The predicted octanol–water partition coefficient (Wildman–Crippen LogP) is 0.999. The maximum Gasteiger partial charge on any atom is 0.358 e. The van der Waals surface area contributed by atoms with Gasteiger partial charge < -0.3 is 14.7 Å². The van der Waals surface area contributed by atoms with Crippen LogP contribution in [0, 0.1) is 0 Å². The van der Waals surface area contributed by atoms with E-state index in [-0.39, 0.29) is 11.7 Å². The standard InChI is InChI=1S/C15H17N5O4/c1-24-15(23)11-4-7-20(18-11)10-2-5-19(6-3-10)13-9-16-12(8-17-13)14(21)22/h4,7-10H,2-3,5-6H2,1H3,(H,21,22). The minimum absolute atomic E-state index is 0.0690. The number of anilines is 1. The van der Waals surface area contributed by atoms with Crippen molar-refractivity contribution in [3.8, 4) is 0 Å². The highest BCUT2D eigenvalue weighted by atomic mass is 16.5. The third-order valence-corrected chi connectivity index (χ3v) is 4.02. The number of esters is 1. The number of carbonyl (C=O) groups excluding carboxylic acids is 1. The van der Waals surface area contributed by atoms with Gasteiger partial charge >= 0.3 is 11.9 Å². The zero-order chi connectivity index (χ0) is 17.1. The van der Waals surface area contributed by atoms with E-state index >= 15 is 0 Å². The fourth-order valence-corrected chi connectivity index (χ4v) is 2.71. The van der Waals surface area contributed by atoms with E-state index in [0.717, 1.165) is 25.9 Å². The minimum atomic E-state index is -1.09. The number of aromatic carboxylic acids is 1. The number of hydrogen-bond acceptors (Lipinski definition) is 7. The van der Waals surface area contributed by atoms with Gasteiger partial charge in [-0.1, -0.05) is 0 Å². The lowest BCUT2D eigenvalue weighted by Gasteiger charge is -2.32. The van der Waals surface area contributed by atoms with E-state index in [0.29, 0.717) is 11.5 Å². The Morgan fingerprint density at radius 3 is 2.54 bits per heavy atom. The van der Waals surface area contributed by atoms with Gasteiger partial charge in [0.15, 0.2) is 11.4 Å². The first-order valence-electron chi connectivity index (χ1n) is 7.52. The van der Waals surface area contributed by atoms with E-state index in [1.165, 1.54) is 19.5 Å². The van der Waals surface area contributed by atoms with Crippen LogP contribution in [0.4, 0.5) is 5.82 Å². The second-order valence-corrected chi connectivity index (χ2v) is 5.46. The first kappa shape index (κ1) is 15.9. The van der Waals surface area contributed by atoms with Crippen LogP contribution in [-0.2, 0) is 4.74 Å². The first-order chi connectivity index (χ1) is 11.6. The maximum absolute atomic E-state index is 11.5. The molecule has 0 atom stereocenters. The van der Waals surface area contributed by atoms with Gasteiger partial charge in [0.1, 0.15) is 5.82 Å². The summed E-state index contributed by atoms with van der Waals surface area (Å²) in [5.74, 6) is -0.873. The van der Waals surface area contributed by atoms with Crippen molar-refractivity contribution < 1.29 is 19.4 Å². The largest absolute Gasteiger partial charge is 0.476 e. The molecule has 1 aliphatic rings. The Bertz CT molecular complexity index is 735. The smallest absolute Gasteiger partial charge is 0.358 e. The molecular weight excluding hydrogens is 314 g/mol. The number of carbonyl (C=O) groups is 2. The third-order valence-electron chi connectivity index (χ3n) is 4.02. The molecule has 3 rings (SSSR count). The topological polar surface area (TPSA) is 110 Å². The second-order valence-electron chi connectivity index (χ2n) is 5.46. The first-order valence-corrected chi connectivity index (χ1v) is 7.52. The van der Waals surface area contributed by atoms with Gasteiger partial charge in [-0.3, -0.25) is 4.68 Å². The van der Waals surface area contributed by atoms with Crippen LogP contribution in [0.2, 0.25) is 0 Å². The minimum Gasteiger partial charge on any atom is -0.476 e. The lowest BCUT2D eigenvalue weighted by Crippen LogP contribution is -2.35. The molecule has 126 valence electrons. The van der Waals surface area contributed by atoms with E-state index in [9.17, 15) is 9.59 Å². The van der Waals surface area contributed by atoms with Gasteiger partial charge in [0, 0.05) is 19.3 Å². The summed E-state index contributed by atoms with van der Waals surface area (Å²) in [5.41, 5.74) is 0.232. The zero-order valence-electron chi connectivity index (χ0n) is 13.1. The molecule has 3 heterocycles. The number of hydrogen-bond donors (Lipinski definition) is 1. The molecule has 1 fully saturated rings. The number of nitrogens with zero attached hydrogens (tertiary/aromatic N) is 5. The zero-order valence-corrected chi connectivity index (χ0v) is 13.1. The van der Waals surface area contributed by atoms with Crippen molar-refractivity contribution in [2.24, 2.45) is 0 Å². The number of methoxy groups -OCH3 is 1. The normalized spacial score (nSPS) is 15.3. The van der Waals surface area contributed by atoms with Crippen molar-refractivity contribution >= 4 is 17.8 Å². The quantitative estimate of drug-likeness (QED) is 0.826. The summed E-state index contributed by atoms with van der Waals surface area (Å²) in [5, 5.41) is 13.1. The van der Waals surface area contributed by atoms with Crippen molar-refractivity contribution in [2.75, 3.05) is 25.1 Å². The van der Waals surface area contributed by atoms with Crippen LogP contribution in [0.25, 0.3) is 0 Å². The van der Waals surface area contributed by atoms with Crippen LogP contribution in [0.3, 0.4) is 0 Å². The summed E-state index contributed by atoms with van der Waals surface area (Å²) < 4.78 is 6.45. The monoisotopic (exact) mass is 331 g/mol. The molecule has 1 aliphatic heterocycles. The van der Waals surface area contributed by atoms with Crippen LogP contribution in [0.15, 0.2) is 24.7 Å². The van der Waals surface area contributed by atoms with Crippen LogP contribution < -0.4 is 4.90 Å². The molecule has 0 radical (unpaired) electrons. The molecule has 0 unspecified atom stereocenters. The van der Waals surface area contributed by atoms with Gasteiger partial charge in [0.05, 0.1) is 25.5 Å². The summed E-state index contributed by atoms with van der Waals surface area (Å²) >= 11 is 0. The van der Waals surface area contributed by atoms with Crippen LogP contribution in [0.5, 0.6) is 0 Å². The number of piperidine rings is 1. The summed E-state index contributed by atoms with van der Waals surface area (Å²) in [7, 11) is 1.33. The molecule has 24 heavy (non-hydrogen) atoms. The van der Waals surface area contributed by atoms with Crippen LogP contribution >= 0.6 is 0 Å². The van der Waals surface area contributed by atoms with Gasteiger partial charge in [-0.15, -0.1) is 0 Å². The molecule has 0 amide bonds. The highest BCUT2D eigenvalue weighted by molar-refractivity contribution is 5.86. The van der Waals surface area contributed by atoms with Crippen molar-refractivity contribution in [1.82, 2.24) is 19.7 Å². The second kappa shape index (κ2) is 6.65. The summed E-state index contributed by atoms with van der Waals surface area (Å²) in [6.07, 6.45) is 6.20. The molecule has 0 spiro atoms. The molecule has 0 aromatic carbocycles. The average molecular weight is 331 g/mol. The summed E-state index contributed by atoms with van der Waals surface area (Å²) in [6.45, 7) is 1.50. The van der Waals surface area contributed by atoms with Crippen molar-refractivity contribution in [3.63, 3.8) is 0 Å². The fourth-order valence-electron chi connectivity index (χ4n) is 2.71. The van der Waals surface area contributed by atoms with E-state index in [1.54, 1.807) is 16.9 Å². The van der Waals surface area contributed by atoms with E-state index in [1.807, 2.05) is 0 Å². The lowest BCUT2D eigenvalue weighted by atomic mass is 10.1. The highest BCUT2D eigenvalue weighted by Gasteiger charge is 2.23. The number of carboxylic acids is 1. The van der Waals surface area contributed by atoms with E-state index in [4.69, 9.17) is 5.11 Å². The fraction of sp³-hybridized carbons (Fsp3) is 0.400. The van der Waals surface area contributed by atoms with Gasteiger partial charge in [-0.05, 0) is 18.9 Å². The Balaban J connectivity index is 1.62. The van der Waals surface area contributed by atoms with Crippen LogP contribution in [0.1, 0.15) is 39.9 Å². The number of ether oxygens (including phenoxy) is 1. The number of rotatable bonds is 4. The summed E-state index contributed by atoms with van der Waals surface area (Å²) in [6, 6.07) is 1.85. The molecule has 9 nitrogen and oxygen atoms in total. The van der Waals surface area contributed by atoms with E-state index < -0.39 is 11.9 Å². The van der Waals surface area contributed by atoms with Gasteiger partial charge in [-0.25, -0.2) is 19.6 Å². The number of aromatic nitrogens is 4. The van der Waals surface area contributed by atoms with Gasteiger partial charge in [-0.2, -0.15) is 5.10 Å². The average Bonchev–Trinajstić information content (AvgIpc) is 3.11. The molecule has 0 aliphatic carbocycles. The van der Waals surface area contributed by atoms with Crippen molar-refractivity contribution in [2.45, 2.75) is 18.9 Å². The molecule has 0 bridgehead atoms. The molecule has 9 heteroatoms. The molecule has 1 saturated heterocycles. The third kappa shape index (κ3) is 3.19. The Hall–Kier alpha value is -2.97. The van der Waals surface area contributed by atoms with Crippen LogP contribution in [-0.4, -0.2) is 57.0 Å². The molecule has 2 aromatic heterocycles.